The molecule has 0 spiro atoms. The molecule has 1 saturated heterocycles. The van der Waals surface area contributed by atoms with Crippen LogP contribution in [0.1, 0.15) is 12.8 Å². The average Bonchev–Trinajstić information content (AvgIpc) is 3.04. The Bertz CT molecular complexity index is 302. The van der Waals surface area contributed by atoms with E-state index in [1.165, 1.54) is 0 Å². The van der Waals surface area contributed by atoms with E-state index >= 15 is 0 Å². The molecule has 1 heterocycles. The second-order valence-electron chi connectivity index (χ2n) is 5.43. The Morgan fingerprint density at radius 3 is 2.70 bits per heavy atom. The maximum absolute atomic E-state index is 5.72. The van der Waals surface area contributed by atoms with Gasteiger partial charge in [-0.3, -0.25) is 4.99 Å². The van der Waals surface area contributed by atoms with Gasteiger partial charge in [0, 0.05) is 53.6 Å². The first kappa shape index (κ1) is 22.8. The SMILES string of the molecule is CN=C(NCCCOC1CCOC1)NCCN(C)CCOC.I. The normalized spacial score (nSPS) is 18.1. The van der Waals surface area contributed by atoms with Crippen LogP contribution >= 0.6 is 24.0 Å². The quantitative estimate of drug-likeness (QED) is 0.210. The Morgan fingerprint density at radius 2 is 2.04 bits per heavy atom. The van der Waals surface area contributed by atoms with Crippen molar-refractivity contribution in [2.24, 2.45) is 4.99 Å². The molecule has 7 nitrogen and oxygen atoms in total. The highest BCUT2D eigenvalue weighted by Gasteiger charge is 2.15. The van der Waals surface area contributed by atoms with Crippen molar-refractivity contribution >= 4 is 29.9 Å². The molecule has 1 aliphatic rings. The summed E-state index contributed by atoms with van der Waals surface area (Å²) in [6, 6.07) is 0. The van der Waals surface area contributed by atoms with Crippen molar-refractivity contribution in [2.75, 3.05) is 73.8 Å². The number of hydrogen-bond acceptors (Lipinski definition) is 5. The molecule has 1 fully saturated rings. The minimum Gasteiger partial charge on any atom is -0.383 e. The van der Waals surface area contributed by atoms with Crippen LogP contribution in [0.25, 0.3) is 0 Å². The molecule has 0 amide bonds. The fraction of sp³-hybridized carbons (Fsp3) is 0.933. The molecule has 0 radical (unpaired) electrons. The lowest BCUT2D eigenvalue weighted by molar-refractivity contribution is 0.0420. The van der Waals surface area contributed by atoms with E-state index in [4.69, 9.17) is 14.2 Å². The molecule has 1 rings (SSSR count). The fourth-order valence-electron chi connectivity index (χ4n) is 2.12. The monoisotopic (exact) mass is 444 g/mol. The summed E-state index contributed by atoms with van der Waals surface area (Å²) < 4.78 is 16.1. The van der Waals surface area contributed by atoms with Gasteiger partial charge in [0.15, 0.2) is 5.96 Å². The fourth-order valence-corrected chi connectivity index (χ4v) is 2.12. The van der Waals surface area contributed by atoms with Crippen LogP contribution in [0.3, 0.4) is 0 Å². The van der Waals surface area contributed by atoms with E-state index in [-0.39, 0.29) is 24.0 Å². The summed E-state index contributed by atoms with van der Waals surface area (Å²) in [5.74, 6) is 0.837. The van der Waals surface area contributed by atoms with Gasteiger partial charge < -0.3 is 29.7 Å². The van der Waals surface area contributed by atoms with Crippen molar-refractivity contribution in [1.29, 1.82) is 0 Å². The Kier molecular flexibility index (Phi) is 15.3. The van der Waals surface area contributed by atoms with E-state index in [0.717, 1.165) is 71.4 Å². The molecular weight excluding hydrogens is 411 g/mol. The molecule has 0 aromatic heterocycles. The van der Waals surface area contributed by atoms with E-state index in [1.807, 2.05) is 0 Å². The number of nitrogens with zero attached hydrogens (tertiary/aromatic N) is 2. The zero-order valence-corrected chi connectivity index (χ0v) is 17.0. The van der Waals surface area contributed by atoms with Gasteiger partial charge in [0.1, 0.15) is 0 Å². The summed E-state index contributed by atoms with van der Waals surface area (Å²) in [5.41, 5.74) is 0. The minimum atomic E-state index is 0. The smallest absolute Gasteiger partial charge is 0.191 e. The Labute approximate surface area is 157 Å². The number of guanidine groups is 1. The maximum Gasteiger partial charge on any atom is 0.191 e. The van der Waals surface area contributed by atoms with Gasteiger partial charge in [0.25, 0.3) is 0 Å². The van der Waals surface area contributed by atoms with Crippen LogP contribution in [0.2, 0.25) is 0 Å². The topological polar surface area (TPSA) is 67.4 Å². The molecule has 0 aliphatic carbocycles. The number of likely N-dealkylation sites (N-methyl/N-ethyl adjacent to an activating group) is 1. The zero-order chi connectivity index (χ0) is 16.0. The molecule has 2 N–H and O–H groups in total. The highest BCUT2D eigenvalue weighted by atomic mass is 127. The van der Waals surface area contributed by atoms with Crippen LogP contribution in [-0.2, 0) is 14.2 Å². The predicted molar refractivity (Wildman–Crippen MR) is 104 cm³/mol. The second-order valence-corrected chi connectivity index (χ2v) is 5.43. The Hall–Kier alpha value is -0.160. The summed E-state index contributed by atoms with van der Waals surface area (Å²) in [4.78, 5) is 6.44. The molecule has 0 aromatic carbocycles. The highest BCUT2D eigenvalue weighted by molar-refractivity contribution is 14.0. The molecule has 138 valence electrons. The largest absolute Gasteiger partial charge is 0.383 e. The van der Waals surface area contributed by atoms with Gasteiger partial charge >= 0.3 is 0 Å². The van der Waals surface area contributed by atoms with E-state index in [9.17, 15) is 0 Å². The highest BCUT2D eigenvalue weighted by Crippen LogP contribution is 2.07. The number of halogens is 1. The number of hydrogen-bond donors (Lipinski definition) is 2. The van der Waals surface area contributed by atoms with E-state index in [1.54, 1.807) is 14.2 Å². The number of ether oxygens (including phenoxy) is 3. The van der Waals surface area contributed by atoms with Crippen LogP contribution in [0.4, 0.5) is 0 Å². The molecule has 23 heavy (non-hydrogen) atoms. The Morgan fingerprint density at radius 1 is 1.26 bits per heavy atom. The molecule has 0 saturated carbocycles. The Balaban J connectivity index is 0.00000484. The third kappa shape index (κ3) is 11.9. The first-order valence-electron chi connectivity index (χ1n) is 8.07. The molecule has 1 atom stereocenters. The van der Waals surface area contributed by atoms with Crippen molar-refractivity contribution < 1.29 is 14.2 Å². The van der Waals surface area contributed by atoms with Crippen LogP contribution in [-0.4, -0.2) is 90.8 Å². The van der Waals surface area contributed by atoms with Gasteiger partial charge in [-0.15, -0.1) is 24.0 Å². The van der Waals surface area contributed by atoms with Crippen molar-refractivity contribution in [3.63, 3.8) is 0 Å². The lowest BCUT2D eigenvalue weighted by atomic mass is 10.3. The summed E-state index contributed by atoms with van der Waals surface area (Å²) in [6.45, 7) is 6.70. The van der Waals surface area contributed by atoms with Crippen LogP contribution in [0, 0.1) is 0 Å². The number of nitrogens with one attached hydrogen (secondary N) is 2. The zero-order valence-electron chi connectivity index (χ0n) is 14.7. The molecule has 0 aromatic rings. The van der Waals surface area contributed by atoms with Crippen LogP contribution in [0.15, 0.2) is 4.99 Å². The molecule has 1 unspecified atom stereocenters. The van der Waals surface area contributed by atoms with E-state index in [2.05, 4.69) is 27.6 Å². The van der Waals surface area contributed by atoms with Crippen molar-refractivity contribution in [1.82, 2.24) is 15.5 Å². The minimum absolute atomic E-state index is 0. The summed E-state index contributed by atoms with van der Waals surface area (Å²) >= 11 is 0. The molecular formula is C15H33IN4O3. The van der Waals surface area contributed by atoms with Gasteiger partial charge in [0.2, 0.25) is 0 Å². The van der Waals surface area contributed by atoms with Gasteiger partial charge in [-0.25, -0.2) is 0 Å². The molecule has 0 bridgehead atoms. The third-order valence-corrected chi connectivity index (χ3v) is 3.54. The molecule has 1 aliphatic heterocycles. The first-order valence-corrected chi connectivity index (χ1v) is 8.07. The van der Waals surface area contributed by atoms with Gasteiger partial charge in [-0.05, 0) is 19.9 Å². The van der Waals surface area contributed by atoms with E-state index in [0.29, 0.717) is 6.10 Å². The molecule has 8 heteroatoms. The number of aliphatic imine (C=N–C) groups is 1. The van der Waals surface area contributed by atoms with Crippen molar-refractivity contribution in [3.05, 3.63) is 0 Å². The second kappa shape index (κ2) is 15.4. The summed E-state index contributed by atoms with van der Waals surface area (Å²) in [6.07, 6.45) is 2.28. The number of rotatable bonds is 11. The van der Waals surface area contributed by atoms with Crippen molar-refractivity contribution in [3.8, 4) is 0 Å². The summed E-state index contributed by atoms with van der Waals surface area (Å²) in [7, 11) is 5.60. The predicted octanol–water partition coefficient (Wildman–Crippen LogP) is 0.543. The third-order valence-electron chi connectivity index (χ3n) is 3.54. The van der Waals surface area contributed by atoms with Gasteiger partial charge in [-0.1, -0.05) is 0 Å². The lowest BCUT2D eigenvalue weighted by Gasteiger charge is -2.18. The summed E-state index contributed by atoms with van der Waals surface area (Å²) in [5, 5.41) is 6.60. The van der Waals surface area contributed by atoms with Gasteiger partial charge in [0.05, 0.1) is 19.3 Å². The van der Waals surface area contributed by atoms with Gasteiger partial charge in [-0.2, -0.15) is 0 Å². The first-order chi connectivity index (χ1) is 10.8. The average molecular weight is 444 g/mol. The standard InChI is InChI=1S/C15H32N4O3.HI/c1-16-15(18-7-8-19(2)9-12-20-3)17-6-4-10-22-14-5-11-21-13-14;/h14H,4-13H2,1-3H3,(H2,16,17,18);1H. The lowest BCUT2D eigenvalue weighted by Crippen LogP contribution is -2.41. The van der Waals surface area contributed by atoms with Crippen molar-refractivity contribution in [2.45, 2.75) is 18.9 Å². The van der Waals surface area contributed by atoms with Crippen LogP contribution in [0.5, 0.6) is 0 Å². The maximum atomic E-state index is 5.72. The van der Waals surface area contributed by atoms with Crippen LogP contribution < -0.4 is 10.6 Å². The van der Waals surface area contributed by atoms with E-state index < -0.39 is 0 Å². The number of methoxy groups -OCH3 is 1.